The molecule has 14 heavy (non-hydrogen) atoms. The van der Waals surface area contributed by atoms with Gasteiger partial charge in [-0.2, -0.15) is 0 Å². The smallest absolute Gasteiger partial charge is 0.0716 e. The fourth-order valence-corrected chi connectivity index (χ4v) is 1.88. The Kier molecular flexibility index (Phi) is 4.40. The van der Waals surface area contributed by atoms with Crippen LogP contribution in [0.4, 0.5) is 0 Å². The summed E-state index contributed by atoms with van der Waals surface area (Å²) in [7, 11) is 4.16. The van der Waals surface area contributed by atoms with Gasteiger partial charge in [-0.1, -0.05) is 0 Å². The summed E-state index contributed by atoms with van der Waals surface area (Å²) in [6.45, 7) is 3.03. The lowest BCUT2D eigenvalue weighted by molar-refractivity contribution is 0.0117. The Hall–Kier alpha value is -0.560. The number of rotatable bonds is 3. The molecule has 1 fully saturated rings. The summed E-state index contributed by atoms with van der Waals surface area (Å²) in [4.78, 5) is 4.48. The normalized spacial score (nSPS) is 27.1. The Balaban J connectivity index is 2.43. The topological polar surface area (TPSA) is 26.7 Å². The van der Waals surface area contributed by atoms with Gasteiger partial charge in [0.25, 0.3) is 0 Å². The Morgan fingerprint density at radius 2 is 2.21 bits per heavy atom. The lowest BCUT2D eigenvalue weighted by atomic mass is 10.0. The van der Waals surface area contributed by atoms with E-state index < -0.39 is 0 Å². The average Bonchev–Trinajstić information content (AvgIpc) is 2.18. The van der Waals surface area contributed by atoms with Crippen molar-refractivity contribution in [2.24, 2.45) is 0 Å². The van der Waals surface area contributed by atoms with E-state index in [9.17, 15) is 5.11 Å². The van der Waals surface area contributed by atoms with Gasteiger partial charge in [0.15, 0.2) is 0 Å². The van der Waals surface area contributed by atoms with Crippen molar-refractivity contribution in [3.63, 3.8) is 0 Å². The van der Waals surface area contributed by atoms with E-state index >= 15 is 0 Å². The minimum Gasteiger partial charge on any atom is -0.391 e. The quantitative estimate of drug-likeness (QED) is 0.644. The van der Waals surface area contributed by atoms with Crippen molar-refractivity contribution in [1.29, 1.82) is 0 Å². The summed E-state index contributed by atoms with van der Waals surface area (Å²) in [6.07, 6.45) is 6.26. The highest BCUT2D eigenvalue weighted by Crippen LogP contribution is 2.13. The standard InChI is InChI=1S/C11H20N2O/c1-4-5-6-11(14)10-9-12(2)7-8-13(10)3/h1,10-11,14H,5-9H2,2-3H3. The van der Waals surface area contributed by atoms with Crippen LogP contribution in [0.2, 0.25) is 0 Å². The van der Waals surface area contributed by atoms with Crippen molar-refractivity contribution in [2.75, 3.05) is 33.7 Å². The molecule has 1 N–H and O–H groups in total. The highest BCUT2D eigenvalue weighted by molar-refractivity contribution is 4.89. The number of aliphatic hydroxyl groups excluding tert-OH is 1. The van der Waals surface area contributed by atoms with Crippen LogP contribution in [0.5, 0.6) is 0 Å². The molecular formula is C11H20N2O. The highest BCUT2D eigenvalue weighted by Gasteiger charge is 2.27. The molecule has 1 aliphatic rings. The molecule has 3 heteroatoms. The number of hydrogen-bond donors (Lipinski definition) is 1. The summed E-state index contributed by atoms with van der Waals surface area (Å²) in [5.74, 6) is 2.57. The molecule has 0 aromatic rings. The van der Waals surface area contributed by atoms with Gasteiger partial charge in [-0.05, 0) is 20.5 Å². The molecule has 1 heterocycles. The van der Waals surface area contributed by atoms with E-state index in [1.807, 2.05) is 0 Å². The van der Waals surface area contributed by atoms with Gasteiger partial charge < -0.3 is 10.0 Å². The minimum absolute atomic E-state index is 0.238. The second-order valence-corrected chi connectivity index (χ2v) is 4.12. The van der Waals surface area contributed by atoms with Crippen LogP contribution < -0.4 is 0 Å². The SMILES string of the molecule is C#CCCC(O)C1CN(C)CCN1C. The second-order valence-electron chi connectivity index (χ2n) is 4.12. The summed E-state index contributed by atoms with van der Waals surface area (Å²) in [6, 6.07) is 0.238. The van der Waals surface area contributed by atoms with Crippen molar-refractivity contribution >= 4 is 0 Å². The molecule has 0 aliphatic carbocycles. The zero-order valence-corrected chi connectivity index (χ0v) is 9.11. The lowest BCUT2D eigenvalue weighted by Crippen LogP contribution is -2.54. The van der Waals surface area contributed by atoms with Crippen molar-refractivity contribution < 1.29 is 5.11 Å². The molecule has 1 aliphatic heterocycles. The van der Waals surface area contributed by atoms with Crippen LogP contribution in [0.3, 0.4) is 0 Å². The van der Waals surface area contributed by atoms with Gasteiger partial charge in [-0.25, -0.2) is 0 Å². The fourth-order valence-electron chi connectivity index (χ4n) is 1.88. The first-order valence-electron chi connectivity index (χ1n) is 5.15. The van der Waals surface area contributed by atoms with Crippen LogP contribution in [-0.4, -0.2) is 60.8 Å². The molecule has 0 spiro atoms. The van der Waals surface area contributed by atoms with Crippen molar-refractivity contribution in [3.05, 3.63) is 0 Å². The minimum atomic E-state index is -0.293. The molecular weight excluding hydrogens is 176 g/mol. The van der Waals surface area contributed by atoms with Gasteiger partial charge in [0.05, 0.1) is 6.10 Å². The summed E-state index contributed by atoms with van der Waals surface area (Å²) >= 11 is 0. The predicted molar refractivity (Wildman–Crippen MR) is 58.0 cm³/mol. The average molecular weight is 196 g/mol. The van der Waals surface area contributed by atoms with Crippen LogP contribution in [0.15, 0.2) is 0 Å². The number of terminal acetylenes is 1. The third-order valence-electron chi connectivity index (χ3n) is 2.93. The van der Waals surface area contributed by atoms with Gasteiger partial charge in [-0.3, -0.25) is 4.90 Å². The molecule has 2 unspecified atom stereocenters. The van der Waals surface area contributed by atoms with E-state index in [4.69, 9.17) is 6.42 Å². The van der Waals surface area contributed by atoms with E-state index in [1.165, 1.54) is 0 Å². The van der Waals surface area contributed by atoms with E-state index in [-0.39, 0.29) is 12.1 Å². The maximum atomic E-state index is 9.93. The maximum Gasteiger partial charge on any atom is 0.0716 e. The van der Waals surface area contributed by atoms with Gasteiger partial charge in [-0.15, -0.1) is 12.3 Å². The monoisotopic (exact) mass is 196 g/mol. The van der Waals surface area contributed by atoms with Crippen LogP contribution in [0, 0.1) is 12.3 Å². The van der Waals surface area contributed by atoms with Gasteiger partial charge in [0.1, 0.15) is 0 Å². The molecule has 0 aromatic carbocycles. The summed E-state index contributed by atoms with van der Waals surface area (Å²) < 4.78 is 0. The molecule has 3 nitrogen and oxygen atoms in total. The number of likely N-dealkylation sites (N-methyl/N-ethyl adjacent to an activating group) is 2. The molecule has 0 bridgehead atoms. The largest absolute Gasteiger partial charge is 0.391 e. The fraction of sp³-hybridized carbons (Fsp3) is 0.818. The van der Waals surface area contributed by atoms with Gasteiger partial charge in [0, 0.05) is 32.1 Å². The number of piperazine rings is 1. The maximum absolute atomic E-state index is 9.93. The van der Waals surface area contributed by atoms with Crippen molar-refractivity contribution in [3.8, 4) is 12.3 Å². The third-order valence-corrected chi connectivity index (χ3v) is 2.93. The van der Waals surface area contributed by atoms with Crippen LogP contribution >= 0.6 is 0 Å². The zero-order chi connectivity index (χ0) is 10.6. The molecule has 1 rings (SSSR count). The number of hydrogen-bond acceptors (Lipinski definition) is 3. The Morgan fingerprint density at radius 3 is 2.86 bits per heavy atom. The van der Waals surface area contributed by atoms with E-state index in [1.54, 1.807) is 0 Å². The molecule has 0 aromatic heterocycles. The van der Waals surface area contributed by atoms with E-state index in [2.05, 4.69) is 29.8 Å². The Labute approximate surface area is 86.7 Å². The highest BCUT2D eigenvalue weighted by atomic mass is 16.3. The second kappa shape index (κ2) is 5.35. The molecule has 0 amide bonds. The van der Waals surface area contributed by atoms with Crippen LogP contribution in [0.25, 0.3) is 0 Å². The molecule has 0 saturated carbocycles. The van der Waals surface area contributed by atoms with E-state index in [0.29, 0.717) is 12.8 Å². The number of nitrogens with zero attached hydrogens (tertiary/aromatic N) is 2. The van der Waals surface area contributed by atoms with Crippen molar-refractivity contribution in [1.82, 2.24) is 9.80 Å². The predicted octanol–water partition coefficient (Wildman–Crippen LogP) is 0.00650. The third kappa shape index (κ3) is 2.98. The molecule has 2 atom stereocenters. The van der Waals surface area contributed by atoms with Crippen LogP contribution in [-0.2, 0) is 0 Å². The summed E-state index contributed by atoms with van der Waals surface area (Å²) in [5, 5.41) is 9.93. The molecule has 1 saturated heterocycles. The van der Waals surface area contributed by atoms with E-state index in [0.717, 1.165) is 19.6 Å². The lowest BCUT2D eigenvalue weighted by Gasteiger charge is -2.40. The summed E-state index contributed by atoms with van der Waals surface area (Å²) in [5.41, 5.74) is 0. The van der Waals surface area contributed by atoms with Gasteiger partial charge >= 0.3 is 0 Å². The molecule has 0 radical (unpaired) electrons. The Bertz CT molecular complexity index is 212. The zero-order valence-electron chi connectivity index (χ0n) is 9.11. The van der Waals surface area contributed by atoms with Gasteiger partial charge in [0.2, 0.25) is 0 Å². The number of aliphatic hydroxyl groups is 1. The Morgan fingerprint density at radius 1 is 1.50 bits per heavy atom. The van der Waals surface area contributed by atoms with Crippen molar-refractivity contribution in [2.45, 2.75) is 25.0 Å². The first-order valence-corrected chi connectivity index (χ1v) is 5.15. The van der Waals surface area contributed by atoms with Crippen LogP contribution in [0.1, 0.15) is 12.8 Å². The molecule has 80 valence electrons. The first-order chi connectivity index (χ1) is 6.65. The first kappa shape index (κ1) is 11.5.